The summed E-state index contributed by atoms with van der Waals surface area (Å²) >= 11 is 5.62. The van der Waals surface area contributed by atoms with E-state index in [1.165, 1.54) is 4.31 Å². The molecule has 10 heteroatoms. The maximum Gasteiger partial charge on any atom is 0.417 e. The fraction of sp³-hybridized carbons (Fsp3) is 0.278. The molecule has 0 spiro atoms. The van der Waals surface area contributed by atoms with Crippen LogP contribution >= 0.6 is 11.6 Å². The Morgan fingerprint density at radius 2 is 1.93 bits per heavy atom. The van der Waals surface area contributed by atoms with Crippen LogP contribution in [0.5, 0.6) is 0 Å². The molecule has 1 N–H and O–H groups in total. The predicted molar refractivity (Wildman–Crippen MR) is 98.4 cm³/mol. The molecule has 0 radical (unpaired) electrons. The molecule has 0 amide bonds. The maximum absolute atomic E-state index is 13.1. The molecule has 1 atom stereocenters. The van der Waals surface area contributed by atoms with Crippen molar-refractivity contribution in [1.29, 1.82) is 0 Å². The number of imidazole rings is 1. The Morgan fingerprint density at radius 1 is 1.18 bits per heavy atom. The average molecular weight is 430 g/mol. The number of sulfonamides is 1. The summed E-state index contributed by atoms with van der Waals surface area (Å²) in [5, 5.41) is -0.540. The summed E-state index contributed by atoms with van der Waals surface area (Å²) < 4.78 is 66.8. The lowest BCUT2D eigenvalue weighted by molar-refractivity contribution is -0.137. The van der Waals surface area contributed by atoms with Gasteiger partial charge < -0.3 is 4.98 Å². The van der Waals surface area contributed by atoms with Gasteiger partial charge in [-0.15, -0.1) is 0 Å². The Labute approximate surface area is 164 Å². The van der Waals surface area contributed by atoms with E-state index in [-0.39, 0.29) is 6.54 Å². The van der Waals surface area contributed by atoms with Crippen molar-refractivity contribution in [3.05, 3.63) is 58.9 Å². The first-order valence-corrected chi connectivity index (χ1v) is 10.3. The van der Waals surface area contributed by atoms with E-state index in [1.54, 1.807) is 6.07 Å². The number of alkyl halides is 3. The molecule has 0 saturated carbocycles. The number of hydrogen-bond donors (Lipinski definition) is 1. The Morgan fingerprint density at radius 3 is 2.64 bits per heavy atom. The van der Waals surface area contributed by atoms with Crippen LogP contribution in [0.1, 0.15) is 30.3 Å². The van der Waals surface area contributed by atoms with Crippen molar-refractivity contribution in [3.63, 3.8) is 0 Å². The molecule has 1 saturated heterocycles. The first-order chi connectivity index (χ1) is 13.2. The van der Waals surface area contributed by atoms with E-state index in [4.69, 9.17) is 11.6 Å². The smallest absolute Gasteiger partial charge is 0.341 e. The molecule has 5 nitrogen and oxygen atoms in total. The fourth-order valence-electron chi connectivity index (χ4n) is 3.45. The second-order valence-electron chi connectivity index (χ2n) is 6.55. The van der Waals surface area contributed by atoms with Gasteiger partial charge in [0.05, 0.1) is 32.6 Å². The monoisotopic (exact) mass is 429 g/mol. The number of aromatic nitrogens is 2. The third kappa shape index (κ3) is 3.27. The summed E-state index contributed by atoms with van der Waals surface area (Å²) in [6, 6.07) is 9.37. The number of nitrogens with one attached hydrogen (secondary N) is 1. The van der Waals surface area contributed by atoms with Crippen molar-refractivity contribution in [2.75, 3.05) is 6.54 Å². The Balaban J connectivity index is 1.74. The van der Waals surface area contributed by atoms with Crippen LogP contribution in [0.25, 0.3) is 11.0 Å². The van der Waals surface area contributed by atoms with Crippen molar-refractivity contribution in [1.82, 2.24) is 14.3 Å². The number of para-hydroxylation sites is 2. The third-order valence-corrected chi connectivity index (χ3v) is 7.01. The molecule has 3 aromatic rings. The standard InChI is InChI=1S/C18H15ClF3N3O2S/c19-13-8-7-11(10-12(13)18(20,21)22)28(26,27)25-9-3-6-16(25)17-23-14-4-1-2-5-15(14)24-17/h1-2,4-5,7-8,10,16H,3,6,9H2,(H,23,24)/t16-/m1/s1. The highest BCUT2D eigenvalue weighted by molar-refractivity contribution is 7.89. The van der Waals surface area contributed by atoms with Gasteiger partial charge in [0.25, 0.3) is 0 Å². The highest BCUT2D eigenvalue weighted by atomic mass is 35.5. The van der Waals surface area contributed by atoms with Gasteiger partial charge >= 0.3 is 6.18 Å². The van der Waals surface area contributed by atoms with Gasteiger partial charge in [-0.1, -0.05) is 23.7 Å². The number of benzene rings is 2. The van der Waals surface area contributed by atoms with E-state index < -0.39 is 37.7 Å². The molecule has 4 rings (SSSR count). The largest absolute Gasteiger partial charge is 0.417 e. The van der Waals surface area contributed by atoms with E-state index in [9.17, 15) is 21.6 Å². The summed E-state index contributed by atoms with van der Waals surface area (Å²) in [4.78, 5) is 7.14. The van der Waals surface area contributed by atoms with Crippen LogP contribution in [0, 0.1) is 0 Å². The number of halogens is 4. The second kappa shape index (κ2) is 6.75. The zero-order valence-electron chi connectivity index (χ0n) is 14.4. The highest BCUT2D eigenvalue weighted by Gasteiger charge is 2.40. The first kappa shape index (κ1) is 19.2. The summed E-state index contributed by atoms with van der Waals surface area (Å²) in [5.74, 6) is 0.479. The van der Waals surface area contributed by atoms with Crippen LogP contribution in [-0.2, 0) is 16.2 Å². The molecule has 1 aromatic heterocycles. The molecule has 1 fully saturated rings. The quantitative estimate of drug-likeness (QED) is 0.652. The van der Waals surface area contributed by atoms with Gasteiger partial charge in [-0.25, -0.2) is 13.4 Å². The molecule has 1 aliphatic rings. The number of H-pyrrole nitrogens is 1. The molecular weight excluding hydrogens is 415 g/mol. The van der Waals surface area contributed by atoms with Crippen LogP contribution in [0.15, 0.2) is 47.4 Å². The topological polar surface area (TPSA) is 66.1 Å². The third-order valence-electron chi connectivity index (χ3n) is 4.78. The van der Waals surface area contributed by atoms with E-state index in [0.717, 1.165) is 17.6 Å². The van der Waals surface area contributed by atoms with Gasteiger partial charge in [-0.3, -0.25) is 0 Å². The van der Waals surface area contributed by atoms with Crippen LogP contribution in [0.3, 0.4) is 0 Å². The zero-order chi connectivity index (χ0) is 20.1. The molecule has 1 aliphatic heterocycles. The molecule has 2 aromatic carbocycles. The Kier molecular flexibility index (Phi) is 4.64. The number of nitrogens with zero attached hydrogens (tertiary/aromatic N) is 2. The summed E-state index contributed by atoms with van der Waals surface area (Å²) in [5.41, 5.74) is 0.301. The molecule has 0 bridgehead atoms. The zero-order valence-corrected chi connectivity index (χ0v) is 15.9. The van der Waals surface area contributed by atoms with Crippen molar-refractivity contribution < 1.29 is 21.6 Å². The summed E-state index contributed by atoms with van der Waals surface area (Å²) in [6.07, 6.45) is -3.63. The maximum atomic E-state index is 13.1. The van der Waals surface area contributed by atoms with Crippen LogP contribution in [0.4, 0.5) is 13.2 Å². The molecular formula is C18H15ClF3N3O2S. The van der Waals surface area contributed by atoms with Gasteiger partial charge in [-0.05, 0) is 43.2 Å². The molecule has 2 heterocycles. The number of hydrogen-bond acceptors (Lipinski definition) is 3. The van der Waals surface area contributed by atoms with Crippen LogP contribution in [0.2, 0.25) is 5.02 Å². The lowest BCUT2D eigenvalue weighted by Crippen LogP contribution is -2.31. The van der Waals surface area contributed by atoms with Crippen LogP contribution < -0.4 is 0 Å². The first-order valence-electron chi connectivity index (χ1n) is 8.51. The van der Waals surface area contributed by atoms with Gasteiger partial charge in [0.2, 0.25) is 10.0 Å². The van der Waals surface area contributed by atoms with Gasteiger partial charge in [-0.2, -0.15) is 17.5 Å². The Hall–Kier alpha value is -2.10. The Bertz CT molecular complexity index is 1110. The minimum Gasteiger partial charge on any atom is -0.341 e. The minimum absolute atomic E-state index is 0.202. The lowest BCUT2D eigenvalue weighted by Gasteiger charge is -2.23. The molecule has 28 heavy (non-hydrogen) atoms. The number of aromatic amines is 1. The van der Waals surface area contributed by atoms with E-state index >= 15 is 0 Å². The van der Waals surface area contributed by atoms with E-state index in [0.29, 0.717) is 30.2 Å². The fourth-order valence-corrected chi connectivity index (χ4v) is 5.36. The van der Waals surface area contributed by atoms with Crippen LogP contribution in [-0.4, -0.2) is 29.2 Å². The molecule has 0 unspecified atom stereocenters. The van der Waals surface area contributed by atoms with Crippen molar-refractivity contribution >= 4 is 32.7 Å². The van der Waals surface area contributed by atoms with Gasteiger partial charge in [0.1, 0.15) is 5.82 Å². The predicted octanol–water partition coefficient (Wildman–Crippen LogP) is 4.76. The molecule has 148 valence electrons. The highest BCUT2D eigenvalue weighted by Crippen LogP contribution is 2.39. The van der Waals surface area contributed by atoms with E-state index in [2.05, 4.69) is 9.97 Å². The van der Waals surface area contributed by atoms with E-state index in [1.807, 2.05) is 18.2 Å². The number of fused-ring (bicyclic) bond motifs is 1. The summed E-state index contributed by atoms with van der Waals surface area (Å²) in [7, 11) is -4.16. The minimum atomic E-state index is -4.74. The second-order valence-corrected chi connectivity index (χ2v) is 8.85. The van der Waals surface area contributed by atoms with Crippen molar-refractivity contribution in [3.8, 4) is 0 Å². The lowest BCUT2D eigenvalue weighted by atomic mass is 10.2. The number of rotatable bonds is 3. The SMILES string of the molecule is O=S(=O)(c1ccc(Cl)c(C(F)(F)F)c1)N1CCC[C@@H]1c1nc2ccccc2[nH]1. The normalized spacial score (nSPS) is 18.8. The molecule has 0 aliphatic carbocycles. The average Bonchev–Trinajstić information content (AvgIpc) is 3.27. The summed E-state index contributed by atoms with van der Waals surface area (Å²) in [6.45, 7) is 0.202. The van der Waals surface area contributed by atoms with Crippen molar-refractivity contribution in [2.24, 2.45) is 0 Å². The van der Waals surface area contributed by atoms with Crippen molar-refractivity contribution in [2.45, 2.75) is 30.0 Å². The van der Waals surface area contributed by atoms with Gasteiger partial charge in [0, 0.05) is 6.54 Å². The van der Waals surface area contributed by atoms with Gasteiger partial charge in [0.15, 0.2) is 0 Å².